The number of carbonyl (C=O) groups excluding carboxylic acids is 1. The fourth-order valence-corrected chi connectivity index (χ4v) is 1.13. The molecule has 0 aliphatic rings. The van der Waals surface area contributed by atoms with E-state index < -0.39 is 0 Å². The molecule has 1 amide bonds. The Hall–Kier alpha value is -0.640. The van der Waals surface area contributed by atoms with Gasteiger partial charge in [0.25, 0.3) is 0 Å². The van der Waals surface area contributed by atoms with Gasteiger partial charge in [0.15, 0.2) is 0 Å². The quantitative estimate of drug-likeness (QED) is 0.653. The van der Waals surface area contributed by atoms with Crippen molar-refractivity contribution in [2.45, 2.75) is 26.7 Å². The SMILES string of the molecule is CCCN(CC(N)=S)C(=O)CC. The number of rotatable bonds is 5. The highest BCUT2D eigenvalue weighted by atomic mass is 32.1. The molecule has 0 aliphatic carbocycles. The van der Waals surface area contributed by atoms with Gasteiger partial charge < -0.3 is 10.6 Å². The summed E-state index contributed by atoms with van der Waals surface area (Å²) in [5.74, 6) is 0.115. The zero-order valence-corrected chi connectivity index (χ0v) is 8.49. The second-order valence-corrected chi connectivity index (χ2v) is 3.16. The summed E-state index contributed by atoms with van der Waals surface area (Å²) in [7, 11) is 0. The molecule has 0 aromatic rings. The van der Waals surface area contributed by atoms with Gasteiger partial charge in [-0.05, 0) is 6.42 Å². The fraction of sp³-hybridized carbons (Fsp3) is 0.750. The van der Waals surface area contributed by atoms with Crippen LogP contribution in [0.5, 0.6) is 0 Å². The minimum atomic E-state index is 0.115. The molecule has 70 valence electrons. The zero-order valence-electron chi connectivity index (χ0n) is 7.67. The average Bonchev–Trinajstić information content (AvgIpc) is 2.01. The van der Waals surface area contributed by atoms with Crippen molar-refractivity contribution < 1.29 is 4.79 Å². The number of carbonyl (C=O) groups is 1. The second kappa shape index (κ2) is 5.94. The number of nitrogens with two attached hydrogens (primary N) is 1. The number of hydrogen-bond acceptors (Lipinski definition) is 2. The van der Waals surface area contributed by atoms with Crippen LogP contribution in [0.3, 0.4) is 0 Å². The fourth-order valence-electron chi connectivity index (χ4n) is 0.974. The first-order chi connectivity index (χ1) is 5.61. The van der Waals surface area contributed by atoms with Crippen molar-refractivity contribution in [3.05, 3.63) is 0 Å². The summed E-state index contributed by atoms with van der Waals surface area (Å²) < 4.78 is 0. The Morgan fingerprint density at radius 2 is 2.08 bits per heavy atom. The van der Waals surface area contributed by atoms with E-state index in [9.17, 15) is 4.79 Å². The van der Waals surface area contributed by atoms with E-state index in [-0.39, 0.29) is 5.91 Å². The molecule has 0 atom stereocenters. The van der Waals surface area contributed by atoms with Crippen molar-refractivity contribution in [2.75, 3.05) is 13.1 Å². The van der Waals surface area contributed by atoms with Crippen LogP contribution in [0.25, 0.3) is 0 Å². The van der Waals surface area contributed by atoms with Crippen LogP contribution in [0.15, 0.2) is 0 Å². The van der Waals surface area contributed by atoms with Gasteiger partial charge in [0.05, 0.1) is 11.5 Å². The van der Waals surface area contributed by atoms with Gasteiger partial charge in [0.2, 0.25) is 5.91 Å². The summed E-state index contributed by atoms with van der Waals surface area (Å²) in [4.78, 5) is 13.3. The van der Waals surface area contributed by atoms with E-state index in [1.807, 2.05) is 13.8 Å². The predicted molar refractivity (Wildman–Crippen MR) is 53.9 cm³/mol. The Labute approximate surface area is 78.9 Å². The molecule has 0 aromatic carbocycles. The van der Waals surface area contributed by atoms with Crippen LogP contribution in [0, 0.1) is 0 Å². The number of thiocarbonyl (C=S) groups is 1. The van der Waals surface area contributed by atoms with Crippen molar-refractivity contribution in [1.29, 1.82) is 0 Å². The number of amides is 1. The van der Waals surface area contributed by atoms with Gasteiger partial charge in [-0.3, -0.25) is 4.79 Å². The molecule has 0 bridgehead atoms. The zero-order chi connectivity index (χ0) is 9.56. The largest absolute Gasteiger partial charge is 0.392 e. The van der Waals surface area contributed by atoms with Crippen molar-refractivity contribution in [2.24, 2.45) is 5.73 Å². The lowest BCUT2D eigenvalue weighted by molar-refractivity contribution is -0.130. The highest BCUT2D eigenvalue weighted by molar-refractivity contribution is 7.80. The van der Waals surface area contributed by atoms with Crippen molar-refractivity contribution in [1.82, 2.24) is 4.90 Å². The maximum atomic E-state index is 11.2. The smallest absolute Gasteiger partial charge is 0.222 e. The Bertz CT molecular complexity index is 170. The van der Waals surface area contributed by atoms with E-state index in [1.54, 1.807) is 4.90 Å². The van der Waals surface area contributed by atoms with Gasteiger partial charge in [0.1, 0.15) is 0 Å². The van der Waals surface area contributed by atoms with Gasteiger partial charge >= 0.3 is 0 Å². The first kappa shape index (κ1) is 11.4. The molecular weight excluding hydrogens is 172 g/mol. The molecule has 0 fully saturated rings. The van der Waals surface area contributed by atoms with E-state index >= 15 is 0 Å². The van der Waals surface area contributed by atoms with Gasteiger partial charge in [0, 0.05) is 13.0 Å². The predicted octanol–water partition coefficient (Wildman–Crippen LogP) is 0.921. The third-order valence-corrected chi connectivity index (χ3v) is 1.62. The molecule has 2 N–H and O–H groups in total. The molecule has 0 aliphatic heterocycles. The van der Waals surface area contributed by atoms with E-state index in [1.165, 1.54) is 0 Å². The van der Waals surface area contributed by atoms with Crippen molar-refractivity contribution in [3.8, 4) is 0 Å². The maximum Gasteiger partial charge on any atom is 0.222 e. The average molecular weight is 188 g/mol. The monoisotopic (exact) mass is 188 g/mol. The van der Waals surface area contributed by atoms with Gasteiger partial charge in [-0.25, -0.2) is 0 Å². The molecule has 0 rings (SSSR count). The van der Waals surface area contributed by atoms with Crippen LogP contribution in [0.1, 0.15) is 26.7 Å². The van der Waals surface area contributed by atoms with Crippen LogP contribution >= 0.6 is 12.2 Å². The first-order valence-corrected chi connectivity index (χ1v) is 4.58. The molecule has 0 aromatic heterocycles. The van der Waals surface area contributed by atoms with Crippen molar-refractivity contribution in [3.63, 3.8) is 0 Å². The molecule has 3 nitrogen and oxygen atoms in total. The van der Waals surface area contributed by atoms with Crippen LogP contribution in [-0.2, 0) is 4.79 Å². The summed E-state index contributed by atoms with van der Waals surface area (Å²) in [6.07, 6.45) is 1.46. The lowest BCUT2D eigenvalue weighted by Gasteiger charge is -2.20. The van der Waals surface area contributed by atoms with Crippen LogP contribution in [0.2, 0.25) is 0 Å². The van der Waals surface area contributed by atoms with Crippen molar-refractivity contribution >= 4 is 23.1 Å². The lowest BCUT2D eigenvalue weighted by Crippen LogP contribution is -2.37. The second-order valence-electron chi connectivity index (χ2n) is 2.64. The minimum absolute atomic E-state index is 0.115. The van der Waals surface area contributed by atoms with Crippen LogP contribution in [0.4, 0.5) is 0 Å². The summed E-state index contributed by atoms with van der Waals surface area (Å²) >= 11 is 4.74. The standard InChI is InChI=1S/C8H16N2OS/c1-3-5-10(6-7(9)12)8(11)4-2/h3-6H2,1-2H3,(H2,9,12). The summed E-state index contributed by atoms with van der Waals surface area (Å²) in [5, 5.41) is 0. The molecule has 0 unspecified atom stereocenters. The number of nitrogens with zero attached hydrogens (tertiary/aromatic N) is 1. The molecule has 0 saturated heterocycles. The third-order valence-electron chi connectivity index (χ3n) is 1.50. The summed E-state index contributed by atoms with van der Waals surface area (Å²) in [5.41, 5.74) is 5.35. The first-order valence-electron chi connectivity index (χ1n) is 4.17. The summed E-state index contributed by atoms with van der Waals surface area (Å²) in [6, 6.07) is 0. The molecule has 12 heavy (non-hydrogen) atoms. The normalized spacial score (nSPS) is 9.50. The summed E-state index contributed by atoms with van der Waals surface area (Å²) in [6.45, 7) is 5.01. The molecule has 0 heterocycles. The highest BCUT2D eigenvalue weighted by Crippen LogP contribution is 1.95. The van der Waals surface area contributed by atoms with Crippen LogP contribution in [-0.4, -0.2) is 28.9 Å². The maximum absolute atomic E-state index is 11.2. The van der Waals surface area contributed by atoms with Gasteiger partial charge in [-0.15, -0.1) is 0 Å². The van der Waals surface area contributed by atoms with E-state index in [4.69, 9.17) is 18.0 Å². The Morgan fingerprint density at radius 3 is 2.42 bits per heavy atom. The Balaban J connectivity index is 4.02. The van der Waals surface area contributed by atoms with E-state index in [2.05, 4.69) is 0 Å². The number of hydrogen-bond donors (Lipinski definition) is 1. The molecule has 4 heteroatoms. The molecular formula is C8H16N2OS. The minimum Gasteiger partial charge on any atom is -0.392 e. The topological polar surface area (TPSA) is 46.3 Å². The van der Waals surface area contributed by atoms with E-state index in [0.29, 0.717) is 18.0 Å². The third kappa shape index (κ3) is 4.28. The lowest BCUT2D eigenvalue weighted by atomic mass is 10.3. The Morgan fingerprint density at radius 1 is 1.50 bits per heavy atom. The van der Waals surface area contributed by atoms with E-state index in [0.717, 1.165) is 13.0 Å². The molecule has 0 spiro atoms. The Kier molecular flexibility index (Phi) is 5.62. The van der Waals surface area contributed by atoms with Gasteiger partial charge in [-0.2, -0.15) is 0 Å². The molecule has 0 saturated carbocycles. The van der Waals surface area contributed by atoms with Crippen LogP contribution < -0.4 is 5.73 Å². The van der Waals surface area contributed by atoms with Gasteiger partial charge in [-0.1, -0.05) is 26.1 Å². The highest BCUT2D eigenvalue weighted by Gasteiger charge is 2.10. The molecule has 0 radical (unpaired) electrons.